The molecule has 0 aliphatic heterocycles. The van der Waals surface area contributed by atoms with Gasteiger partial charge in [0.1, 0.15) is 11.3 Å². The normalized spacial score (nSPS) is 11.6. The maximum absolute atomic E-state index is 13.5. The number of hydrogen-bond donors (Lipinski definition) is 0. The molecule has 0 aliphatic rings. The van der Waals surface area contributed by atoms with E-state index >= 15 is 0 Å². The Morgan fingerprint density at radius 2 is 1.83 bits per heavy atom. The summed E-state index contributed by atoms with van der Waals surface area (Å²) >= 11 is 6.15. The zero-order valence-corrected chi connectivity index (χ0v) is 19.9. The number of aromatic nitrogens is 3. The Kier molecular flexibility index (Phi) is 5.39. The number of benzene rings is 3. The van der Waals surface area contributed by atoms with E-state index in [1.165, 1.54) is 4.68 Å². The molecule has 0 bridgehead atoms. The molecule has 7 nitrogen and oxygen atoms in total. The lowest BCUT2D eigenvalue weighted by Gasteiger charge is -2.09. The Balaban J connectivity index is 1.50. The van der Waals surface area contributed by atoms with Gasteiger partial charge in [-0.25, -0.2) is 4.98 Å². The number of rotatable bonds is 5. The van der Waals surface area contributed by atoms with Crippen molar-refractivity contribution < 1.29 is 9.15 Å². The van der Waals surface area contributed by atoms with Gasteiger partial charge in [-0.1, -0.05) is 23.7 Å². The van der Waals surface area contributed by atoms with Gasteiger partial charge in [0.2, 0.25) is 5.82 Å². The molecule has 3 aromatic heterocycles. The Morgan fingerprint density at radius 3 is 2.67 bits per heavy atom. The van der Waals surface area contributed by atoms with Gasteiger partial charge in [0.15, 0.2) is 5.76 Å². The minimum Gasteiger partial charge on any atom is -0.497 e. The van der Waals surface area contributed by atoms with E-state index in [9.17, 15) is 4.79 Å². The van der Waals surface area contributed by atoms with Crippen molar-refractivity contribution in [3.63, 3.8) is 0 Å². The third kappa shape index (κ3) is 3.85. The Labute approximate surface area is 210 Å². The van der Waals surface area contributed by atoms with E-state index in [2.05, 4.69) is 5.10 Å². The van der Waals surface area contributed by atoms with Crippen LogP contribution in [0.4, 0.5) is 0 Å². The maximum Gasteiger partial charge on any atom is 0.282 e. The maximum atomic E-state index is 13.5. The highest BCUT2D eigenvalue weighted by Crippen LogP contribution is 2.29. The smallest absolute Gasteiger partial charge is 0.282 e. The van der Waals surface area contributed by atoms with Crippen molar-refractivity contribution in [2.75, 3.05) is 7.11 Å². The van der Waals surface area contributed by atoms with Crippen LogP contribution < -0.4 is 10.3 Å². The SMILES string of the molecule is COc1ccc(-n2cccc2C=Nn2c(-c3cc4cc(Cl)ccc4o3)nc3ccccc3c2=O)cc1. The molecule has 0 unspecified atom stereocenters. The molecule has 3 aromatic carbocycles. The van der Waals surface area contributed by atoms with Crippen LogP contribution in [0.2, 0.25) is 5.02 Å². The first-order valence-electron chi connectivity index (χ1n) is 11.2. The summed E-state index contributed by atoms with van der Waals surface area (Å²) in [6.45, 7) is 0. The minimum atomic E-state index is -0.298. The summed E-state index contributed by atoms with van der Waals surface area (Å²) in [6.07, 6.45) is 3.56. The van der Waals surface area contributed by atoms with Crippen LogP contribution in [0.15, 0.2) is 105 Å². The fourth-order valence-corrected chi connectivity index (χ4v) is 4.29. The largest absolute Gasteiger partial charge is 0.497 e. The molecule has 6 rings (SSSR count). The van der Waals surface area contributed by atoms with Crippen molar-refractivity contribution >= 4 is 39.7 Å². The lowest BCUT2D eigenvalue weighted by atomic mass is 10.2. The summed E-state index contributed by atoms with van der Waals surface area (Å²) in [7, 11) is 1.63. The molecule has 36 heavy (non-hydrogen) atoms. The minimum absolute atomic E-state index is 0.296. The quantitative estimate of drug-likeness (QED) is 0.270. The van der Waals surface area contributed by atoms with Crippen LogP contribution in [0, 0.1) is 0 Å². The average Bonchev–Trinajstić information content (AvgIpc) is 3.55. The molecule has 0 amide bonds. The summed E-state index contributed by atoms with van der Waals surface area (Å²) in [5, 5.41) is 6.43. The number of para-hydroxylation sites is 1. The third-order valence-corrected chi connectivity index (χ3v) is 6.12. The Morgan fingerprint density at radius 1 is 1.00 bits per heavy atom. The van der Waals surface area contributed by atoms with Gasteiger partial charge < -0.3 is 13.7 Å². The van der Waals surface area contributed by atoms with Gasteiger partial charge >= 0.3 is 0 Å². The Hall–Kier alpha value is -4.62. The van der Waals surface area contributed by atoms with Crippen molar-refractivity contribution in [3.8, 4) is 23.0 Å². The van der Waals surface area contributed by atoms with E-state index in [1.54, 1.807) is 49.7 Å². The first-order valence-corrected chi connectivity index (χ1v) is 11.6. The summed E-state index contributed by atoms with van der Waals surface area (Å²) in [4.78, 5) is 18.2. The highest BCUT2D eigenvalue weighted by Gasteiger charge is 2.17. The predicted octanol–water partition coefficient (Wildman–Crippen LogP) is 6.14. The van der Waals surface area contributed by atoms with E-state index in [0.717, 1.165) is 22.5 Å². The number of methoxy groups -OCH3 is 1. The molecular weight excluding hydrogens is 476 g/mol. The predicted molar refractivity (Wildman–Crippen MR) is 142 cm³/mol. The van der Waals surface area contributed by atoms with Crippen LogP contribution in [0.25, 0.3) is 39.1 Å². The average molecular weight is 495 g/mol. The lowest BCUT2D eigenvalue weighted by molar-refractivity contribution is 0.415. The van der Waals surface area contributed by atoms with E-state index in [1.807, 2.05) is 59.3 Å². The van der Waals surface area contributed by atoms with E-state index < -0.39 is 0 Å². The highest BCUT2D eigenvalue weighted by atomic mass is 35.5. The van der Waals surface area contributed by atoms with Gasteiger partial charge in [-0.05, 0) is 72.8 Å². The van der Waals surface area contributed by atoms with Crippen LogP contribution in [-0.4, -0.2) is 27.6 Å². The van der Waals surface area contributed by atoms with Crippen LogP contribution in [-0.2, 0) is 0 Å². The zero-order valence-electron chi connectivity index (χ0n) is 19.1. The summed E-state index contributed by atoms with van der Waals surface area (Å²) in [6, 6.07) is 25.8. The molecule has 0 spiro atoms. The fourth-order valence-electron chi connectivity index (χ4n) is 4.11. The van der Waals surface area contributed by atoms with E-state index in [4.69, 9.17) is 25.7 Å². The van der Waals surface area contributed by atoms with Crippen LogP contribution in [0.1, 0.15) is 5.69 Å². The standard InChI is InChI=1S/C28H19ClN4O3/c1-35-22-11-9-20(10-12-22)32-14-4-5-21(32)17-30-33-27(31-24-7-3-2-6-23(24)28(33)34)26-16-18-15-19(29)8-13-25(18)36-26/h2-17H,1H3. The molecule has 6 aromatic rings. The first-order chi connectivity index (χ1) is 17.6. The molecule has 3 heterocycles. The number of ether oxygens (including phenoxy) is 1. The third-order valence-electron chi connectivity index (χ3n) is 5.89. The van der Waals surface area contributed by atoms with Gasteiger partial charge in [0.05, 0.1) is 29.9 Å². The number of fused-ring (bicyclic) bond motifs is 2. The molecule has 0 saturated heterocycles. The van der Waals surface area contributed by atoms with Gasteiger partial charge in [0.25, 0.3) is 5.56 Å². The zero-order chi connectivity index (χ0) is 24.6. The van der Waals surface area contributed by atoms with E-state index in [-0.39, 0.29) is 5.56 Å². The fraction of sp³-hybridized carbons (Fsp3) is 0.0357. The second-order valence-corrected chi connectivity index (χ2v) is 8.54. The second kappa shape index (κ2) is 8.87. The molecular formula is C28H19ClN4O3. The van der Waals surface area contributed by atoms with Crippen LogP contribution in [0.5, 0.6) is 5.75 Å². The van der Waals surface area contributed by atoms with Crippen LogP contribution >= 0.6 is 11.6 Å². The van der Waals surface area contributed by atoms with Gasteiger partial charge in [-0.15, -0.1) is 0 Å². The van der Waals surface area contributed by atoms with Crippen molar-refractivity contribution in [2.45, 2.75) is 0 Å². The highest BCUT2D eigenvalue weighted by molar-refractivity contribution is 6.31. The number of nitrogens with zero attached hydrogens (tertiary/aromatic N) is 4. The topological polar surface area (TPSA) is 74.6 Å². The summed E-state index contributed by atoms with van der Waals surface area (Å²) in [5.74, 6) is 1.48. The lowest BCUT2D eigenvalue weighted by Crippen LogP contribution is -2.20. The first kappa shape index (κ1) is 21.9. The van der Waals surface area contributed by atoms with Crippen molar-refractivity contribution in [1.82, 2.24) is 14.2 Å². The van der Waals surface area contributed by atoms with Crippen molar-refractivity contribution in [3.05, 3.63) is 112 Å². The van der Waals surface area contributed by atoms with Gasteiger partial charge in [0, 0.05) is 22.3 Å². The number of halogens is 1. The molecule has 0 saturated carbocycles. The van der Waals surface area contributed by atoms with Crippen molar-refractivity contribution in [1.29, 1.82) is 0 Å². The molecule has 8 heteroatoms. The second-order valence-electron chi connectivity index (χ2n) is 8.11. The van der Waals surface area contributed by atoms with Gasteiger partial charge in [-0.3, -0.25) is 4.79 Å². The van der Waals surface area contributed by atoms with E-state index in [0.29, 0.717) is 33.1 Å². The van der Waals surface area contributed by atoms with Crippen LogP contribution in [0.3, 0.4) is 0 Å². The molecule has 0 N–H and O–H groups in total. The number of furan rings is 1. The molecule has 0 fully saturated rings. The molecule has 0 atom stereocenters. The van der Waals surface area contributed by atoms with Crippen molar-refractivity contribution in [2.24, 2.45) is 5.10 Å². The number of hydrogen-bond acceptors (Lipinski definition) is 5. The molecule has 0 aliphatic carbocycles. The summed E-state index contributed by atoms with van der Waals surface area (Å²) in [5.41, 5.74) is 2.61. The molecule has 176 valence electrons. The van der Waals surface area contributed by atoms with Gasteiger partial charge in [-0.2, -0.15) is 9.78 Å². The molecule has 0 radical (unpaired) electrons. The summed E-state index contributed by atoms with van der Waals surface area (Å²) < 4.78 is 14.5. The monoisotopic (exact) mass is 494 g/mol. The Bertz CT molecular complexity index is 1810.